The fraction of sp³-hybridized carbons (Fsp3) is 0. The van der Waals surface area contributed by atoms with E-state index in [0.717, 1.165) is 22.0 Å². The minimum absolute atomic E-state index is 0.220. The van der Waals surface area contributed by atoms with Gasteiger partial charge in [0.1, 0.15) is 5.75 Å². The summed E-state index contributed by atoms with van der Waals surface area (Å²) >= 11 is 1.48. The van der Waals surface area contributed by atoms with Crippen LogP contribution in [0.1, 0.15) is 5.56 Å². The van der Waals surface area contributed by atoms with Crippen molar-refractivity contribution in [3.8, 4) is 17.0 Å². The molecule has 3 nitrogen and oxygen atoms in total. The molecule has 0 saturated carbocycles. The lowest BCUT2D eigenvalue weighted by Crippen LogP contribution is -1.85. The molecule has 0 aliphatic rings. The van der Waals surface area contributed by atoms with Crippen LogP contribution in [0, 0.1) is 0 Å². The minimum Gasteiger partial charge on any atom is -0.507 e. The number of fused-ring (bicyclic) bond motifs is 1. The zero-order valence-corrected chi connectivity index (χ0v) is 13.6. The summed E-state index contributed by atoms with van der Waals surface area (Å²) in [6.07, 6.45) is 1.69. The van der Waals surface area contributed by atoms with Gasteiger partial charge in [-0.15, -0.1) is 11.3 Å². The highest BCUT2D eigenvalue weighted by atomic mass is 32.1. The van der Waals surface area contributed by atoms with Crippen molar-refractivity contribution < 1.29 is 5.11 Å². The van der Waals surface area contributed by atoms with Crippen LogP contribution in [-0.2, 0) is 0 Å². The van der Waals surface area contributed by atoms with Gasteiger partial charge >= 0.3 is 0 Å². The van der Waals surface area contributed by atoms with Crippen molar-refractivity contribution in [1.29, 1.82) is 0 Å². The summed E-state index contributed by atoms with van der Waals surface area (Å²) in [6, 6.07) is 21.5. The second-order valence-electron chi connectivity index (χ2n) is 5.36. The van der Waals surface area contributed by atoms with Gasteiger partial charge in [-0.05, 0) is 16.8 Å². The van der Waals surface area contributed by atoms with Crippen LogP contribution in [0.4, 0.5) is 5.13 Å². The summed E-state index contributed by atoms with van der Waals surface area (Å²) in [5.74, 6) is 0.220. The van der Waals surface area contributed by atoms with Crippen molar-refractivity contribution in [2.75, 3.05) is 0 Å². The van der Waals surface area contributed by atoms with Crippen LogP contribution in [0.2, 0.25) is 0 Å². The Labute approximate surface area is 143 Å². The lowest BCUT2D eigenvalue weighted by Gasteiger charge is -2.04. The third kappa shape index (κ3) is 2.79. The van der Waals surface area contributed by atoms with Gasteiger partial charge in [0.05, 0.1) is 5.69 Å². The fourth-order valence-electron chi connectivity index (χ4n) is 2.60. The van der Waals surface area contributed by atoms with E-state index in [2.05, 4.69) is 9.98 Å². The number of hydrogen-bond acceptors (Lipinski definition) is 4. The number of benzene rings is 3. The highest BCUT2D eigenvalue weighted by Crippen LogP contribution is 2.29. The number of aliphatic imine (C=N–C) groups is 1. The van der Waals surface area contributed by atoms with E-state index in [0.29, 0.717) is 10.7 Å². The zero-order valence-electron chi connectivity index (χ0n) is 12.8. The van der Waals surface area contributed by atoms with Gasteiger partial charge in [0.2, 0.25) is 5.13 Å². The number of hydrogen-bond donors (Lipinski definition) is 1. The van der Waals surface area contributed by atoms with Crippen molar-refractivity contribution >= 4 is 33.5 Å². The van der Waals surface area contributed by atoms with Crippen LogP contribution in [0.15, 0.2) is 77.1 Å². The molecule has 3 aromatic carbocycles. The summed E-state index contributed by atoms with van der Waals surface area (Å²) in [5.41, 5.74) is 2.70. The predicted octanol–water partition coefficient (Wildman–Crippen LogP) is 5.42. The maximum Gasteiger partial charge on any atom is 0.209 e. The largest absolute Gasteiger partial charge is 0.507 e. The minimum atomic E-state index is 0.220. The molecule has 0 saturated heterocycles. The molecule has 0 radical (unpaired) electrons. The first-order chi connectivity index (χ1) is 11.8. The van der Waals surface area contributed by atoms with Crippen molar-refractivity contribution in [2.45, 2.75) is 0 Å². The molecule has 0 aliphatic carbocycles. The van der Waals surface area contributed by atoms with E-state index in [4.69, 9.17) is 0 Å². The Bertz CT molecular complexity index is 1020. The highest BCUT2D eigenvalue weighted by Gasteiger charge is 2.06. The Morgan fingerprint density at radius 2 is 1.71 bits per heavy atom. The predicted molar refractivity (Wildman–Crippen MR) is 100 cm³/mol. The second-order valence-corrected chi connectivity index (χ2v) is 6.20. The number of phenolic OH excluding ortho intramolecular Hbond substituents is 1. The lowest BCUT2D eigenvalue weighted by molar-refractivity contribution is 0.475. The van der Waals surface area contributed by atoms with Crippen molar-refractivity contribution in [3.05, 3.63) is 77.7 Å². The SMILES string of the molecule is Oc1ccc2ccccc2c1C=Nc1nc(-c2ccccc2)cs1. The van der Waals surface area contributed by atoms with E-state index < -0.39 is 0 Å². The Morgan fingerprint density at radius 1 is 0.917 bits per heavy atom. The molecular formula is C20H14N2OS. The van der Waals surface area contributed by atoms with Crippen LogP contribution in [-0.4, -0.2) is 16.3 Å². The molecule has 4 rings (SSSR count). The van der Waals surface area contributed by atoms with Gasteiger partial charge in [-0.3, -0.25) is 0 Å². The van der Waals surface area contributed by atoms with Crippen LogP contribution in [0.3, 0.4) is 0 Å². The molecule has 1 aromatic heterocycles. The molecule has 24 heavy (non-hydrogen) atoms. The fourth-order valence-corrected chi connectivity index (χ4v) is 3.28. The van der Waals surface area contributed by atoms with Gasteiger partial charge in [0, 0.05) is 22.7 Å². The number of rotatable bonds is 3. The van der Waals surface area contributed by atoms with Gasteiger partial charge in [-0.25, -0.2) is 9.98 Å². The van der Waals surface area contributed by atoms with E-state index in [1.165, 1.54) is 11.3 Å². The molecule has 4 aromatic rings. The number of nitrogens with zero attached hydrogens (tertiary/aromatic N) is 2. The van der Waals surface area contributed by atoms with Gasteiger partial charge in [0.25, 0.3) is 0 Å². The van der Waals surface area contributed by atoms with Gasteiger partial charge in [-0.2, -0.15) is 0 Å². The second kappa shape index (κ2) is 6.26. The molecule has 0 aliphatic heterocycles. The average Bonchev–Trinajstić information content (AvgIpc) is 3.11. The molecule has 1 heterocycles. The molecule has 0 bridgehead atoms. The third-order valence-corrected chi connectivity index (χ3v) is 4.56. The van der Waals surface area contributed by atoms with Crippen molar-refractivity contribution in [1.82, 2.24) is 4.98 Å². The topological polar surface area (TPSA) is 45.5 Å². The summed E-state index contributed by atoms with van der Waals surface area (Å²) in [7, 11) is 0. The Balaban J connectivity index is 1.69. The van der Waals surface area contributed by atoms with E-state index in [1.807, 2.05) is 66.0 Å². The first-order valence-corrected chi connectivity index (χ1v) is 8.45. The first kappa shape index (κ1) is 14.6. The van der Waals surface area contributed by atoms with Gasteiger partial charge in [-0.1, -0.05) is 60.7 Å². The van der Waals surface area contributed by atoms with E-state index in [1.54, 1.807) is 12.3 Å². The normalized spacial score (nSPS) is 11.3. The third-order valence-electron chi connectivity index (χ3n) is 3.81. The summed E-state index contributed by atoms with van der Waals surface area (Å²) in [4.78, 5) is 9.00. The van der Waals surface area contributed by atoms with Crippen molar-refractivity contribution in [3.63, 3.8) is 0 Å². The Morgan fingerprint density at radius 3 is 2.58 bits per heavy atom. The number of thiazole rings is 1. The van der Waals surface area contributed by atoms with Gasteiger partial charge < -0.3 is 5.11 Å². The maximum absolute atomic E-state index is 10.2. The molecule has 0 atom stereocenters. The number of phenols is 1. The number of aromatic hydroxyl groups is 1. The van der Waals surface area contributed by atoms with E-state index in [-0.39, 0.29) is 5.75 Å². The Hall–Kier alpha value is -2.98. The van der Waals surface area contributed by atoms with E-state index in [9.17, 15) is 5.11 Å². The molecule has 116 valence electrons. The lowest BCUT2D eigenvalue weighted by atomic mass is 10.0. The highest BCUT2D eigenvalue weighted by molar-refractivity contribution is 7.13. The Kier molecular flexibility index (Phi) is 3.81. The molecule has 4 heteroatoms. The number of aromatic nitrogens is 1. The zero-order chi connectivity index (χ0) is 16.4. The quantitative estimate of drug-likeness (QED) is 0.510. The molecule has 0 fully saturated rings. The molecule has 0 unspecified atom stereocenters. The maximum atomic E-state index is 10.2. The molecule has 1 N–H and O–H groups in total. The standard InChI is InChI=1S/C20H14N2OS/c23-19-11-10-14-6-4-5-9-16(14)17(19)12-21-20-22-18(13-24-20)15-7-2-1-3-8-15/h1-13,23H. The molecule has 0 spiro atoms. The van der Waals surface area contributed by atoms with Crippen LogP contribution in [0.5, 0.6) is 5.75 Å². The van der Waals surface area contributed by atoms with E-state index >= 15 is 0 Å². The summed E-state index contributed by atoms with van der Waals surface area (Å²) in [5, 5.41) is 14.9. The first-order valence-electron chi connectivity index (χ1n) is 7.57. The van der Waals surface area contributed by atoms with Crippen molar-refractivity contribution in [2.24, 2.45) is 4.99 Å². The summed E-state index contributed by atoms with van der Waals surface area (Å²) in [6.45, 7) is 0. The molecular weight excluding hydrogens is 316 g/mol. The van der Waals surface area contributed by atoms with Gasteiger partial charge in [0.15, 0.2) is 0 Å². The van der Waals surface area contributed by atoms with Crippen LogP contribution < -0.4 is 0 Å². The average molecular weight is 330 g/mol. The smallest absolute Gasteiger partial charge is 0.209 e. The monoisotopic (exact) mass is 330 g/mol. The van der Waals surface area contributed by atoms with Crippen LogP contribution in [0.25, 0.3) is 22.0 Å². The summed E-state index contributed by atoms with van der Waals surface area (Å²) < 4.78 is 0. The van der Waals surface area contributed by atoms with Crippen LogP contribution >= 0.6 is 11.3 Å². The molecule has 0 amide bonds.